The van der Waals surface area contributed by atoms with Crippen molar-refractivity contribution in [1.29, 1.82) is 0 Å². The molecule has 0 amide bonds. The summed E-state index contributed by atoms with van der Waals surface area (Å²) in [5, 5.41) is 18.0. The topological polar surface area (TPSA) is 138 Å². The molecule has 1 unspecified atom stereocenters. The first-order valence-electron chi connectivity index (χ1n) is 12.7. The second kappa shape index (κ2) is 19.2. The molecule has 3 N–H and O–H groups in total. The minimum absolute atomic E-state index is 0.252. The molecule has 0 heterocycles. The number of aliphatic carboxylic acids is 2. The van der Waals surface area contributed by atoms with Crippen molar-refractivity contribution in [3.8, 4) is 0 Å². The number of rotatable bonds is 24. The molecule has 0 aliphatic carbocycles. The van der Waals surface area contributed by atoms with Crippen molar-refractivity contribution in [3.63, 3.8) is 0 Å². The van der Waals surface area contributed by atoms with E-state index in [0.29, 0.717) is 6.61 Å². The van der Waals surface area contributed by atoms with E-state index in [1.54, 1.807) is 0 Å². The van der Waals surface area contributed by atoms with Crippen LogP contribution in [0.4, 0.5) is 0 Å². The third-order valence-electron chi connectivity index (χ3n) is 6.11. The highest BCUT2D eigenvalue weighted by Gasteiger charge is 2.52. The zero-order chi connectivity index (χ0) is 25.0. The van der Waals surface area contributed by atoms with Crippen LogP contribution >= 0.6 is 0 Å². The van der Waals surface area contributed by atoms with Gasteiger partial charge in [-0.2, -0.15) is 8.42 Å². The molecule has 0 aromatic carbocycles. The minimum Gasteiger partial charge on any atom is -0.481 e. The average molecular weight is 495 g/mol. The van der Waals surface area contributed by atoms with Gasteiger partial charge < -0.3 is 14.9 Å². The number of carboxylic acid groups (broad SMARTS) is 2. The zero-order valence-corrected chi connectivity index (χ0v) is 21.2. The van der Waals surface area contributed by atoms with Crippen molar-refractivity contribution in [3.05, 3.63) is 0 Å². The molecular weight excluding hydrogens is 448 g/mol. The standard InChI is InChI=1S/C24H46O8S/c1-2-3-4-5-6-7-8-9-10-11-12-13-14-15-16-17-19-32-20-18-24(23(27)28,21-22(25)26)33(29,30)31/h2-21H2,1H3,(H,25,26)(H,27,28)(H,29,30,31). The largest absolute Gasteiger partial charge is 0.481 e. The molecule has 196 valence electrons. The van der Waals surface area contributed by atoms with E-state index in [-0.39, 0.29) is 6.61 Å². The Morgan fingerprint density at radius 3 is 1.42 bits per heavy atom. The van der Waals surface area contributed by atoms with Gasteiger partial charge in [-0.25, -0.2) is 0 Å². The Balaban J connectivity index is 3.67. The van der Waals surface area contributed by atoms with Gasteiger partial charge in [-0.1, -0.05) is 103 Å². The van der Waals surface area contributed by atoms with Gasteiger partial charge in [0.05, 0.1) is 6.42 Å². The summed E-state index contributed by atoms with van der Waals surface area (Å²) in [5.74, 6) is -3.51. The van der Waals surface area contributed by atoms with Gasteiger partial charge in [0.25, 0.3) is 10.1 Å². The molecule has 0 saturated heterocycles. The van der Waals surface area contributed by atoms with Crippen LogP contribution < -0.4 is 0 Å². The van der Waals surface area contributed by atoms with Crippen LogP contribution in [0.3, 0.4) is 0 Å². The molecule has 33 heavy (non-hydrogen) atoms. The Morgan fingerprint density at radius 1 is 0.697 bits per heavy atom. The molecule has 0 bridgehead atoms. The maximum Gasteiger partial charge on any atom is 0.328 e. The van der Waals surface area contributed by atoms with Crippen LogP contribution in [0.15, 0.2) is 0 Å². The predicted molar refractivity (Wildman–Crippen MR) is 129 cm³/mol. The molecule has 0 aromatic rings. The van der Waals surface area contributed by atoms with E-state index in [2.05, 4.69) is 6.92 Å². The molecule has 0 spiro atoms. The summed E-state index contributed by atoms with van der Waals surface area (Å²) < 4.78 is 34.8. The summed E-state index contributed by atoms with van der Waals surface area (Å²) >= 11 is 0. The van der Waals surface area contributed by atoms with Crippen LogP contribution in [0.25, 0.3) is 0 Å². The molecule has 0 aromatic heterocycles. The lowest BCUT2D eigenvalue weighted by Crippen LogP contribution is -2.48. The molecule has 0 aliphatic rings. The van der Waals surface area contributed by atoms with Crippen molar-refractivity contribution < 1.29 is 37.5 Å². The fourth-order valence-corrected chi connectivity index (χ4v) is 4.80. The number of ether oxygens (including phenoxy) is 1. The highest BCUT2D eigenvalue weighted by molar-refractivity contribution is 7.88. The monoisotopic (exact) mass is 494 g/mol. The molecular formula is C24H46O8S. The highest BCUT2D eigenvalue weighted by atomic mass is 32.2. The summed E-state index contributed by atoms with van der Waals surface area (Å²) in [7, 11) is -5.11. The quantitative estimate of drug-likeness (QED) is 0.112. The van der Waals surface area contributed by atoms with Crippen molar-refractivity contribution in [2.75, 3.05) is 13.2 Å². The van der Waals surface area contributed by atoms with Gasteiger partial charge in [-0.15, -0.1) is 0 Å². The van der Waals surface area contributed by atoms with Crippen LogP contribution in [0.1, 0.15) is 122 Å². The SMILES string of the molecule is CCCCCCCCCCCCCCCCCCOCCC(CC(=O)O)(C(=O)O)S(=O)(=O)O. The molecule has 0 aliphatic heterocycles. The highest BCUT2D eigenvalue weighted by Crippen LogP contribution is 2.26. The lowest BCUT2D eigenvalue weighted by Gasteiger charge is -2.24. The van der Waals surface area contributed by atoms with Gasteiger partial charge >= 0.3 is 11.9 Å². The molecule has 0 radical (unpaired) electrons. The maximum absolute atomic E-state index is 11.5. The van der Waals surface area contributed by atoms with Crippen molar-refractivity contribution in [2.24, 2.45) is 0 Å². The maximum atomic E-state index is 11.5. The Hall–Kier alpha value is -1.19. The minimum atomic E-state index is -5.11. The molecule has 9 heteroatoms. The van der Waals surface area contributed by atoms with E-state index in [1.165, 1.54) is 83.5 Å². The van der Waals surface area contributed by atoms with E-state index in [1.807, 2.05) is 0 Å². The Kier molecular flexibility index (Phi) is 18.5. The predicted octanol–water partition coefficient (Wildman–Crippen LogP) is 5.84. The number of unbranched alkanes of at least 4 members (excludes halogenated alkanes) is 15. The van der Waals surface area contributed by atoms with Gasteiger partial charge in [-0.05, 0) is 6.42 Å². The smallest absolute Gasteiger partial charge is 0.328 e. The van der Waals surface area contributed by atoms with E-state index < -0.39 is 39.6 Å². The molecule has 0 rings (SSSR count). The van der Waals surface area contributed by atoms with E-state index in [0.717, 1.165) is 19.3 Å². The molecule has 1 atom stereocenters. The van der Waals surface area contributed by atoms with Crippen molar-refractivity contribution >= 4 is 22.1 Å². The molecule has 0 saturated carbocycles. The number of carboxylic acids is 2. The fraction of sp³-hybridized carbons (Fsp3) is 0.917. The van der Waals surface area contributed by atoms with Gasteiger partial charge in [0.2, 0.25) is 4.75 Å². The summed E-state index contributed by atoms with van der Waals surface area (Å²) in [6, 6.07) is 0. The summed E-state index contributed by atoms with van der Waals surface area (Å²) in [5.41, 5.74) is 0. The van der Waals surface area contributed by atoms with Gasteiger partial charge in [0.15, 0.2) is 0 Å². The first kappa shape index (κ1) is 31.8. The summed E-state index contributed by atoms with van der Waals surface area (Å²) in [4.78, 5) is 22.3. The third kappa shape index (κ3) is 15.4. The number of hydrogen-bond acceptors (Lipinski definition) is 5. The van der Waals surface area contributed by atoms with Crippen LogP contribution in [0.2, 0.25) is 0 Å². The second-order valence-electron chi connectivity index (χ2n) is 9.01. The van der Waals surface area contributed by atoms with Crippen LogP contribution in [-0.2, 0) is 24.4 Å². The molecule has 0 fully saturated rings. The zero-order valence-electron chi connectivity index (χ0n) is 20.4. The van der Waals surface area contributed by atoms with E-state index in [9.17, 15) is 27.7 Å². The van der Waals surface area contributed by atoms with Crippen LogP contribution in [0, 0.1) is 0 Å². The van der Waals surface area contributed by atoms with Crippen molar-refractivity contribution in [1.82, 2.24) is 0 Å². The summed E-state index contributed by atoms with van der Waals surface area (Å²) in [6.45, 7) is 2.33. The summed E-state index contributed by atoms with van der Waals surface area (Å²) in [6.07, 6.45) is 18.2. The van der Waals surface area contributed by atoms with E-state index in [4.69, 9.17) is 9.84 Å². The van der Waals surface area contributed by atoms with Crippen LogP contribution in [0.5, 0.6) is 0 Å². The first-order chi connectivity index (χ1) is 15.7. The van der Waals surface area contributed by atoms with Crippen molar-refractivity contribution in [2.45, 2.75) is 127 Å². The van der Waals surface area contributed by atoms with Gasteiger partial charge in [0.1, 0.15) is 0 Å². The average Bonchev–Trinajstić information content (AvgIpc) is 2.73. The number of hydrogen-bond donors (Lipinski definition) is 3. The van der Waals surface area contributed by atoms with Gasteiger partial charge in [0, 0.05) is 19.6 Å². The fourth-order valence-electron chi connectivity index (χ4n) is 3.94. The Labute approximate surface area is 200 Å². The first-order valence-corrected chi connectivity index (χ1v) is 14.1. The molecule has 8 nitrogen and oxygen atoms in total. The van der Waals surface area contributed by atoms with Gasteiger partial charge in [-0.3, -0.25) is 14.1 Å². The lowest BCUT2D eigenvalue weighted by molar-refractivity contribution is -0.147. The van der Waals surface area contributed by atoms with E-state index >= 15 is 0 Å². The second-order valence-corrected chi connectivity index (χ2v) is 10.7. The normalized spacial score (nSPS) is 13.6. The van der Waals surface area contributed by atoms with Crippen LogP contribution in [-0.4, -0.2) is 53.1 Å². The lowest BCUT2D eigenvalue weighted by atomic mass is 10.0. The number of carbonyl (C=O) groups is 2. The Bertz CT molecular complexity index is 620. The third-order valence-corrected chi connectivity index (χ3v) is 7.62. The Morgan fingerprint density at radius 2 is 1.09 bits per heavy atom.